The SMILES string of the molecule is Cc1csc(NC(=O)c2ccc(-c3cnc4ccc(-c5cn[nH]c5)cn34)cc2F)n1. The molecule has 1 aromatic carbocycles. The Morgan fingerprint density at radius 2 is 2.03 bits per heavy atom. The van der Waals surface area contributed by atoms with Gasteiger partial charge in [-0.2, -0.15) is 5.10 Å². The number of H-pyrrole nitrogens is 1. The van der Waals surface area contributed by atoms with E-state index in [1.54, 1.807) is 24.7 Å². The molecule has 4 aromatic heterocycles. The zero-order chi connectivity index (χ0) is 20.7. The van der Waals surface area contributed by atoms with Crippen LogP contribution in [-0.4, -0.2) is 30.5 Å². The maximum atomic E-state index is 14.8. The van der Waals surface area contributed by atoms with Crippen molar-refractivity contribution in [2.45, 2.75) is 6.92 Å². The molecule has 0 spiro atoms. The number of amides is 1. The van der Waals surface area contributed by atoms with Gasteiger partial charge in [0.1, 0.15) is 11.5 Å². The first-order valence-corrected chi connectivity index (χ1v) is 9.96. The van der Waals surface area contributed by atoms with Gasteiger partial charge in [-0.3, -0.25) is 19.6 Å². The minimum Gasteiger partial charge on any atom is -0.299 e. The Labute approximate surface area is 174 Å². The average molecular weight is 418 g/mol. The molecule has 2 N–H and O–H groups in total. The molecule has 0 radical (unpaired) electrons. The fraction of sp³-hybridized carbons (Fsp3) is 0.0476. The minimum absolute atomic E-state index is 0.0421. The Hall–Kier alpha value is -3.85. The Kier molecular flexibility index (Phi) is 4.36. The van der Waals surface area contributed by atoms with Crippen LogP contribution in [0.5, 0.6) is 0 Å². The van der Waals surface area contributed by atoms with Gasteiger partial charge in [-0.05, 0) is 31.2 Å². The second-order valence-corrected chi connectivity index (χ2v) is 7.58. The van der Waals surface area contributed by atoms with E-state index in [4.69, 9.17) is 0 Å². The summed E-state index contributed by atoms with van der Waals surface area (Å²) >= 11 is 1.30. The second kappa shape index (κ2) is 7.20. The van der Waals surface area contributed by atoms with Gasteiger partial charge in [-0.15, -0.1) is 11.3 Å². The maximum Gasteiger partial charge on any atom is 0.260 e. The van der Waals surface area contributed by atoms with Crippen molar-refractivity contribution < 1.29 is 9.18 Å². The fourth-order valence-electron chi connectivity index (χ4n) is 3.21. The summed E-state index contributed by atoms with van der Waals surface area (Å²) in [6, 6.07) is 8.36. The van der Waals surface area contributed by atoms with Crippen LogP contribution < -0.4 is 5.32 Å². The number of fused-ring (bicyclic) bond motifs is 1. The molecular formula is C21H15FN6OS. The molecule has 0 saturated carbocycles. The molecule has 0 atom stereocenters. The summed E-state index contributed by atoms with van der Waals surface area (Å²) in [5.41, 5.74) is 4.72. The van der Waals surface area contributed by atoms with E-state index in [0.29, 0.717) is 10.7 Å². The van der Waals surface area contributed by atoms with Crippen molar-refractivity contribution in [1.82, 2.24) is 24.6 Å². The summed E-state index contributed by atoms with van der Waals surface area (Å²) in [6.07, 6.45) is 7.14. The topological polar surface area (TPSA) is 88.0 Å². The van der Waals surface area contributed by atoms with Gasteiger partial charge in [0.25, 0.3) is 5.91 Å². The summed E-state index contributed by atoms with van der Waals surface area (Å²) in [5.74, 6) is -1.15. The van der Waals surface area contributed by atoms with E-state index >= 15 is 0 Å². The molecule has 0 fully saturated rings. The third kappa shape index (κ3) is 3.25. The number of benzene rings is 1. The highest BCUT2D eigenvalue weighted by atomic mass is 32.1. The second-order valence-electron chi connectivity index (χ2n) is 6.72. The zero-order valence-electron chi connectivity index (χ0n) is 15.8. The van der Waals surface area contributed by atoms with Crippen molar-refractivity contribution in [3.05, 3.63) is 77.6 Å². The van der Waals surface area contributed by atoms with Crippen LogP contribution in [0.2, 0.25) is 0 Å². The third-order valence-corrected chi connectivity index (χ3v) is 5.56. The van der Waals surface area contributed by atoms with Crippen LogP contribution in [-0.2, 0) is 0 Å². The van der Waals surface area contributed by atoms with E-state index in [1.807, 2.05) is 35.0 Å². The number of rotatable bonds is 4. The molecule has 0 aliphatic rings. The predicted molar refractivity (Wildman–Crippen MR) is 113 cm³/mol. The van der Waals surface area contributed by atoms with Crippen LogP contribution in [0.1, 0.15) is 16.1 Å². The van der Waals surface area contributed by atoms with Gasteiger partial charge in [0.05, 0.1) is 29.3 Å². The molecule has 148 valence electrons. The minimum atomic E-state index is -0.612. The van der Waals surface area contributed by atoms with Gasteiger partial charge in [0.2, 0.25) is 0 Å². The number of anilines is 1. The highest BCUT2D eigenvalue weighted by molar-refractivity contribution is 7.13. The highest BCUT2D eigenvalue weighted by Gasteiger charge is 2.16. The number of aromatic nitrogens is 5. The highest BCUT2D eigenvalue weighted by Crippen LogP contribution is 2.26. The van der Waals surface area contributed by atoms with Crippen LogP contribution >= 0.6 is 11.3 Å². The van der Waals surface area contributed by atoms with Crippen LogP contribution in [0.15, 0.2) is 60.5 Å². The van der Waals surface area contributed by atoms with E-state index in [0.717, 1.165) is 28.2 Å². The van der Waals surface area contributed by atoms with Gasteiger partial charge < -0.3 is 0 Å². The number of imidazole rings is 1. The van der Waals surface area contributed by atoms with Crippen molar-refractivity contribution in [1.29, 1.82) is 0 Å². The van der Waals surface area contributed by atoms with Gasteiger partial charge in [0.15, 0.2) is 5.13 Å². The maximum absolute atomic E-state index is 14.8. The van der Waals surface area contributed by atoms with Crippen LogP contribution in [0.4, 0.5) is 9.52 Å². The molecule has 0 bridgehead atoms. The lowest BCUT2D eigenvalue weighted by Crippen LogP contribution is -2.13. The Morgan fingerprint density at radius 1 is 1.17 bits per heavy atom. The first-order chi connectivity index (χ1) is 14.6. The molecule has 4 heterocycles. The van der Waals surface area contributed by atoms with E-state index < -0.39 is 11.7 Å². The molecule has 30 heavy (non-hydrogen) atoms. The third-order valence-electron chi connectivity index (χ3n) is 4.69. The number of hydrogen-bond donors (Lipinski definition) is 2. The normalized spacial score (nSPS) is 11.1. The number of carbonyl (C=O) groups is 1. The molecule has 7 nitrogen and oxygen atoms in total. The lowest BCUT2D eigenvalue weighted by atomic mass is 10.1. The first-order valence-electron chi connectivity index (χ1n) is 9.08. The van der Waals surface area contributed by atoms with Crippen LogP contribution in [0.3, 0.4) is 0 Å². The largest absolute Gasteiger partial charge is 0.299 e. The number of nitrogens with zero attached hydrogens (tertiary/aromatic N) is 4. The van der Waals surface area contributed by atoms with E-state index in [-0.39, 0.29) is 5.56 Å². The standard InChI is InChI=1S/C21H15FN6OS/c1-12-11-30-21(26-12)27-20(29)16-4-2-13(6-17(16)22)18-9-23-19-5-3-14(10-28(18)19)15-7-24-25-8-15/h2-11H,1H3,(H,24,25)(H,26,27,29). The number of pyridine rings is 1. The van der Waals surface area contributed by atoms with Crippen molar-refractivity contribution >= 4 is 28.0 Å². The van der Waals surface area contributed by atoms with E-state index in [2.05, 4.69) is 25.5 Å². The Bertz CT molecular complexity index is 1370. The number of thiazole rings is 1. The quantitative estimate of drug-likeness (QED) is 0.448. The van der Waals surface area contributed by atoms with Crippen molar-refractivity contribution in [2.24, 2.45) is 0 Å². The number of nitrogens with one attached hydrogen (secondary N) is 2. The number of hydrogen-bond acceptors (Lipinski definition) is 5. The van der Waals surface area contributed by atoms with Gasteiger partial charge in [0, 0.05) is 34.5 Å². The molecule has 0 unspecified atom stereocenters. The number of aromatic amines is 1. The van der Waals surface area contributed by atoms with Gasteiger partial charge >= 0.3 is 0 Å². The van der Waals surface area contributed by atoms with Gasteiger partial charge in [-0.25, -0.2) is 14.4 Å². The van der Waals surface area contributed by atoms with Crippen molar-refractivity contribution in [3.8, 4) is 22.4 Å². The Morgan fingerprint density at radius 3 is 2.77 bits per heavy atom. The number of halogens is 1. The Balaban J connectivity index is 1.49. The smallest absolute Gasteiger partial charge is 0.260 e. The molecule has 0 aliphatic carbocycles. The van der Waals surface area contributed by atoms with Crippen LogP contribution in [0.25, 0.3) is 28.0 Å². The molecule has 0 saturated heterocycles. The average Bonchev–Trinajstić information content (AvgIpc) is 3.48. The molecule has 1 amide bonds. The molecule has 9 heteroatoms. The first kappa shape index (κ1) is 18.2. The molecule has 5 aromatic rings. The predicted octanol–water partition coefficient (Wildman–Crippen LogP) is 4.55. The fourth-order valence-corrected chi connectivity index (χ4v) is 3.89. The summed E-state index contributed by atoms with van der Waals surface area (Å²) in [7, 11) is 0. The molecular weight excluding hydrogens is 403 g/mol. The zero-order valence-corrected chi connectivity index (χ0v) is 16.6. The lowest BCUT2D eigenvalue weighted by molar-refractivity contribution is 0.102. The summed E-state index contributed by atoms with van der Waals surface area (Å²) < 4.78 is 16.7. The van der Waals surface area contributed by atoms with Crippen molar-refractivity contribution in [3.63, 3.8) is 0 Å². The van der Waals surface area contributed by atoms with Crippen molar-refractivity contribution in [2.75, 3.05) is 5.32 Å². The molecule has 5 rings (SSSR count). The summed E-state index contributed by atoms with van der Waals surface area (Å²) in [5, 5.41) is 11.7. The van der Waals surface area contributed by atoms with E-state index in [1.165, 1.54) is 23.5 Å². The van der Waals surface area contributed by atoms with Crippen LogP contribution in [0, 0.1) is 12.7 Å². The molecule has 0 aliphatic heterocycles. The monoisotopic (exact) mass is 418 g/mol. The number of aryl methyl sites for hydroxylation is 1. The van der Waals surface area contributed by atoms with E-state index in [9.17, 15) is 9.18 Å². The lowest BCUT2D eigenvalue weighted by Gasteiger charge is -2.07. The summed E-state index contributed by atoms with van der Waals surface area (Å²) in [4.78, 5) is 21.0. The summed E-state index contributed by atoms with van der Waals surface area (Å²) in [6.45, 7) is 1.83. The number of carbonyl (C=O) groups excluding carboxylic acids is 1. The van der Waals surface area contributed by atoms with Gasteiger partial charge in [-0.1, -0.05) is 6.07 Å².